The highest BCUT2D eigenvalue weighted by Gasteiger charge is 2.42. The number of thiocarbonyl (C=S) groups is 1. The van der Waals surface area contributed by atoms with Crippen molar-refractivity contribution in [1.82, 2.24) is 14.9 Å². The maximum atomic E-state index is 12.5. The van der Waals surface area contributed by atoms with Gasteiger partial charge in [-0.3, -0.25) is 9.78 Å². The van der Waals surface area contributed by atoms with Crippen LogP contribution in [0.25, 0.3) is 5.69 Å². The molecule has 0 aliphatic carbocycles. The number of halogens is 1. The third kappa shape index (κ3) is 5.84. The molecule has 0 saturated carbocycles. The summed E-state index contributed by atoms with van der Waals surface area (Å²) >= 11 is 12.2. The number of nitrogens with one attached hydrogen (secondary N) is 2. The normalized spacial score (nSPS) is 16.1. The first-order valence-corrected chi connectivity index (χ1v) is 14.8. The molecule has 1 fully saturated rings. The van der Waals surface area contributed by atoms with Crippen LogP contribution in [0.1, 0.15) is 34.7 Å². The molecule has 1 saturated heterocycles. The van der Waals surface area contributed by atoms with Gasteiger partial charge in [-0.25, -0.2) is 0 Å². The predicted octanol–water partition coefficient (Wildman–Crippen LogP) is 7.04. The molecule has 0 radical (unpaired) electrons. The number of aromatic hydroxyl groups is 1. The van der Waals surface area contributed by atoms with Crippen LogP contribution in [0.15, 0.2) is 103 Å². The maximum absolute atomic E-state index is 12.5. The van der Waals surface area contributed by atoms with Crippen LogP contribution in [-0.4, -0.2) is 32.3 Å². The van der Waals surface area contributed by atoms with E-state index >= 15 is 0 Å². The summed E-state index contributed by atoms with van der Waals surface area (Å²) in [5, 5.41) is 18.2. The van der Waals surface area contributed by atoms with Gasteiger partial charge < -0.3 is 29.9 Å². The molecule has 6 rings (SSSR count). The SMILES string of the molecule is Cc1cc([C@H]2[C@H](c3ccccn3)NC(=S)N2c2ccc(NC(=O)COc3ccccc3)cc2)c(C)n1-c1cc(Cl)ccc1O. The number of phenolic OH excluding ortho intramolecular Hbond substituents is 1. The van der Waals surface area contributed by atoms with Gasteiger partial charge in [0.05, 0.1) is 23.5 Å². The summed E-state index contributed by atoms with van der Waals surface area (Å²) in [5.74, 6) is 0.504. The number of carbonyl (C=O) groups is 1. The van der Waals surface area contributed by atoms with E-state index < -0.39 is 0 Å². The number of amides is 1. The fourth-order valence-electron chi connectivity index (χ4n) is 5.65. The number of benzene rings is 3. The molecule has 1 aliphatic rings. The van der Waals surface area contributed by atoms with Gasteiger partial charge in [-0.15, -0.1) is 0 Å². The van der Waals surface area contributed by atoms with E-state index in [4.69, 9.17) is 28.6 Å². The maximum Gasteiger partial charge on any atom is 0.262 e. The molecule has 1 amide bonds. The summed E-state index contributed by atoms with van der Waals surface area (Å²) in [4.78, 5) is 19.3. The Labute approximate surface area is 265 Å². The van der Waals surface area contributed by atoms with Crippen molar-refractivity contribution in [1.29, 1.82) is 0 Å². The van der Waals surface area contributed by atoms with Crippen LogP contribution in [0.3, 0.4) is 0 Å². The van der Waals surface area contributed by atoms with Gasteiger partial charge in [-0.1, -0.05) is 35.9 Å². The largest absolute Gasteiger partial charge is 0.506 e. The summed E-state index contributed by atoms with van der Waals surface area (Å²) < 4.78 is 7.57. The highest BCUT2D eigenvalue weighted by molar-refractivity contribution is 7.80. The number of aryl methyl sites for hydroxylation is 1. The molecule has 222 valence electrons. The van der Waals surface area contributed by atoms with E-state index in [-0.39, 0.29) is 30.3 Å². The molecule has 3 N–H and O–H groups in total. The first-order valence-electron chi connectivity index (χ1n) is 14.1. The van der Waals surface area contributed by atoms with E-state index in [1.165, 1.54) is 0 Å². The topological polar surface area (TPSA) is 91.7 Å². The molecule has 0 bridgehead atoms. The van der Waals surface area contributed by atoms with Gasteiger partial charge in [0.1, 0.15) is 11.5 Å². The average molecular weight is 624 g/mol. The Morgan fingerprint density at radius 1 is 1.02 bits per heavy atom. The number of rotatable bonds is 8. The molecule has 10 heteroatoms. The molecule has 8 nitrogen and oxygen atoms in total. The molecular weight excluding hydrogens is 594 g/mol. The molecule has 3 heterocycles. The van der Waals surface area contributed by atoms with Gasteiger partial charge in [-0.2, -0.15) is 0 Å². The standard InChI is InChI=1S/C34H30ClN5O3S/c1-21-18-27(22(2)39(21)29-19-23(35)11-16-30(29)41)33-32(28-10-6-7-17-36-28)38-34(44)40(33)25-14-12-24(13-15-25)37-31(42)20-43-26-8-4-3-5-9-26/h3-19,32-33,41H,20H2,1-2H3,(H,37,42)(H,38,44)/t32-,33-/m0/s1. The second kappa shape index (κ2) is 12.4. The highest BCUT2D eigenvalue weighted by atomic mass is 35.5. The van der Waals surface area contributed by atoms with Crippen LogP contribution < -0.4 is 20.3 Å². The minimum atomic E-state index is -0.265. The lowest BCUT2D eigenvalue weighted by atomic mass is 9.96. The van der Waals surface area contributed by atoms with Crippen molar-refractivity contribution in [3.05, 3.63) is 131 Å². The Balaban J connectivity index is 1.32. The third-order valence-corrected chi connectivity index (χ3v) is 8.16. The molecule has 1 aliphatic heterocycles. The van der Waals surface area contributed by atoms with Crippen LogP contribution in [-0.2, 0) is 4.79 Å². The first-order chi connectivity index (χ1) is 21.3. The number of para-hydroxylation sites is 1. The zero-order chi connectivity index (χ0) is 30.8. The highest BCUT2D eigenvalue weighted by Crippen LogP contribution is 2.44. The number of nitrogens with zero attached hydrogens (tertiary/aromatic N) is 3. The molecule has 0 unspecified atom stereocenters. The fraction of sp³-hybridized carbons (Fsp3) is 0.147. The monoisotopic (exact) mass is 623 g/mol. The number of pyridine rings is 1. The quantitative estimate of drug-likeness (QED) is 0.160. The Bertz CT molecular complexity index is 1810. The fourth-order valence-corrected chi connectivity index (χ4v) is 6.16. The molecule has 44 heavy (non-hydrogen) atoms. The second-order valence-electron chi connectivity index (χ2n) is 10.5. The van der Waals surface area contributed by atoms with Crippen molar-refractivity contribution >= 4 is 46.2 Å². The summed E-state index contributed by atoms with van der Waals surface area (Å²) in [6.07, 6.45) is 1.77. The van der Waals surface area contributed by atoms with E-state index in [1.807, 2.05) is 79.1 Å². The van der Waals surface area contributed by atoms with E-state index in [1.54, 1.807) is 36.5 Å². The van der Waals surface area contributed by atoms with Gasteiger partial charge >= 0.3 is 0 Å². The zero-order valence-electron chi connectivity index (χ0n) is 24.1. The summed E-state index contributed by atoms with van der Waals surface area (Å²) in [5.41, 5.74) is 5.82. The van der Waals surface area contributed by atoms with Gasteiger partial charge in [0, 0.05) is 34.0 Å². The molecular formula is C34H30ClN5O3S. The van der Waals surface area contributed by atoms with Crippen LogP contribution in [0.2, 0.25) is 5.02 Å². The lowest BCUT2D eigenvalue weighted by molar-refractivity contribution is -0.118. The third-order valence-electron chi connectivity index (χ3n) is 7.61. The lowest BCUT2D eigenvalue weighted by Crippen LogP contribution is -2.29. The number of ether oxygens (including phenoxy) is 1. The van der Waals surface area contributed by atoms with Crippen LogP contribution >= 0.6 is 23.8 Å². The second-order valence-corrected chi connectivity index (χ2v) is 11.3. The Kier molecular flexibility index (Phi) is 8.23. The Morgan fingerprint density at radius 3 is 2.50 bits per heavy atom. The Morgan fingerprint density at radius 2 is 1.77 bits per heavy atom. The van der Waals surface area contributed by atoms with Crippen LogP contribution in [0.5, 0.6) is 11.5 Å². The molecule has 3 aromatic carbocycles. The smallest absolute Gasteiger partial charge is 0.262 e. The first kappa shape index (κ1) is 29.2. The summed E-state index contributed by atoms with van der Waals surface area (Å²) in [7, 11) is 0. The van der Waals surface area contributed by atoms with E-state index in [9.17, 15) is 9.90 Å². The number of aromatic nitrogens is 2. The van der Waals surface area contributed by atoms with Crippen LogP contribution in [0.4, 0.5) is 11.4 Å². The van der Waals surface area contributed by atoms with Crippen molar-refractivity contribution in [2.45, 2.75) is 25.9 Å². The van der Waals surface area contributed by atoms with Gasteiger partial charge in [0.2, 0.25) is 0 Å². The predicted molar refractivity (Wildman–Crippen MR) is 177 cm³/mol. The lowest BCUT2D eigenvalue weighted by Gasteiger charge is -2.28. The zero-order valence-corrected chi connectivity index (χ0v) is 25.6. The average Bonchev–Trinajstić information content (AvgIpc) is 3.53. The van der Waals surface area contributed by atoms with Crippen molar-refractivity contribution in [2.75, 3.05) is 16.8 Å². The molecule has 5 aromatic rings. The van der Waals surface area contributed by atoms with Gasteiger partial charge in [0.25, 0.3) is 5.91 Å². The Hall–Kier alpha value is -4.86. The number of anilines is 2. The summed E-state index contributed by atoms with van der Waals surface area (Å²) in [6.45, 7) is 3.92. The van der Waals surface area contributed by atoms with Crippen molar-refractivity contribution < 1.29 is 14.6 Å². The molecule has 2 aromatic heterocycles. The van der Waals surface area contributed by atoms with Gasteiger partial charge in [0.15, 0.2) is 11.7 Å². The van der Waals surface area contributed by atoms with E-state index in [0.717, 1.165) is 28.3 Å². The molecule has 2 atom stereocenters. The van der Waals surface area contributed by atoms with Crippen molar-refractivity contribution in [3.63, 3.8) is 0 Å². The minimum Gasteiger partial charge on any atom is -0.506 e. The van der Waals surface area contributed by atoms with Crippen LogP contribution in [0, 0.1) is 13.8 Å². The van der Waals surface area contributed by atoms with E-state index in [2.05, 4.69) is 26.6 Å². The van der Waals surface area contributed by atoms with E-state index in [0.29, 0.717) is 27.3 Å². The number of phenols is 1. The van der Waals surface area contributed by atoms with Crippen molar-refractivity contribution in [3.8, 4) is 17.2 Å². The number of hydrogen-bond donors (Lipinski definition) is 3. The molecule has 0 spiro atoms. The number of carbonyl (C=O) groups excluding carboxylic acids is 1. The van der Waals surface area contributed by atoms with Crippen molar-refractivity contribution in [2.24, 2.45) is 0 Å². The summed E-state index contributed by atoms with van der Waals surface area (Å²) in [6, 6.07) is 29.2. The number of hydrogen-bond acceptors (Lipinski definition) is 5. The minimum absolute atomic E-state index is 0.0997. The van der Waals surface area contributed by atoms with Gasteiger partial charge in [-0.05, 0) is 104 Å².